The molecule has 3 rings (SSSR count). The van der Waals surface area contributed by atoms with E-state index >= 15 is 0 Å². The third kappa shape index (κ3) is 5.46. The van der Waals surface area contributed by atoms with Crippen molar-refractivity contribution in [3.05, 3.63) is 83.5 Å². The molecule has 0 aliphatic rings. The van der Waals surface area contributed by atoms with Crippen molar-refractivity contribution in [3.63, 3.8) is 0 Å². The van der Waals surface area contributed by atoms with Crippen molar-refractivity contribution in [3.8, 4) is 11.1 Å². The van der Waals surface area contributed by atoms with Gasteiger partial charge < -0.3 is 5.11 Å². The predicted molar refractivity (Wildman–Crippen MR) is 120 cm³/mol. The quantitative estimate of drug-likeness (QED) is 0.388. The normalized spacial score (nSPS) is 11.9. The Balaban J connectivity index is 1.87. The van der Waals surface area contributed by atoms with Crippen molar-refractivity contribution in [1.29, 1.82) is 0 Å². The molecule has 1 N–H and O–H groups in total. The lowest BCUT2D eigenvalue weighted by atomic mass is 9.99. The van der Waals surface area contributed by atoms with E-state index in [1.165, 1.54) is 4.68 Å². The molecule has 2 aromatic carbocycles. The fraction of sp³-hybridized carbons (Fsp3) is 0.320. The van der Waals surface area contributed by atoms with Crippen molar-refractivity contribution in [2.24, 2.45) is 0 Å². The topological polar surface area (TPSA) is 68.0 Å². The third-order valence-corrected chi connectivity index (χ3v) is 5.21. The van der Waals surface area contributed by atoms with Gasteiger partial charge in [0.1, 0.15) is 5.82 Å². The smallest absolute Gasteiger partial charge is 0.336 e. The minimum Gasteiger partial charge on any atom is -0.478 e. The van der Waals surface area contributed by atoms with E-state index in [4.69, 9.17) is 0 Å². The molecule has 0 unspecified atom stereocenters. The maximum atomic E-state index is 14.5. The van der Waals surface area contributed by atoms with Crippen LogP contribution in [0.15, 0.2) is 60.7 Å². The number of hydrogen-bond acceptors (Lipinski definition) is 3. The summed E-state index contributed by atoms with van der Waals surface area (Å²) in [7, 11) is 0. The second-order valence-electron chi connectivity index (χ2n) is 7.64. The number of benzene rings is 2. The molecule has 32 heavy (non-hydrogen) atoms. The molecular formula is C25H27F2N3O2. The number of nitrogens with zero attached hydrogens (tertiary/aromatic N) is 3. The number of hydrogen-bond donors (Lipinski definition) is 1. The van der Waals surface area contributed by atoms with Gasteiger partial charge in [0.2, 0.25) is 5.82 Å². The fourth-order valence-corrected chi connectivity index (χ4v) is 3.42. The van der Waals surface area contributed by atoms with Crippen molar-refractivity contribution in [2.75, 3.05) is 0 Å². The lowest BCUT2D eigenvalue weighted by molar-refractivity contribution is -0.0245. The summed E-state index contributed by atoms with van der Waals surface area (Å²) in [6, 6.07) is 14.2. The number of halogens is 2. The van der Waals surface area contributed by atoms with E-state index in [1.807, 2.05) is 50.3 Å². The van der Waals surface area contributed by atoms with Crippen molar-refractivity contribution in [1.82, 2.24) is 14.8 Å². The average Bonchev–Trinajstić information content (AvgIpc) is 3.20. The van der Waals surface area contributed by atoms with Crippen LogP contribution in [0.1, 0.15) is 60.7 Å². The minimum atomic E-state index is -3.06. The highest BCUT2D eigenvalue weighted by atomic mass is 19.3. The summed E-state index contributed by atoms with van der Waals surface area (Å²) in [5.74, 6) is -4.00. The van der Waals surface area contributed by atoms with Gasteiger partial charge in [-0.25, -0.2) is 14.5 Å². The molecule has 5 nitrogen and oxygen atoms in total. The van der Waals surface area contributed by atoms with Gasteiger partial charge in [-0.3, -0.25) is 0 Å². The van der Waals surface area contributed by atoms with Crippen LogP contribution < -0.4 is 0 Å². The van der Waals surface area contributed by atoms with Crippen LogP contribution in [-0.4, -0.2) is 25.8 Å². The van der Waals surface area contributed by atoms with Crippen molar-refractivity contribution >= 4 is 5.97 Å². The van der Waals surface area contributed by atoms with E-state index < -0.39 is 17.7 Å². The average molecular weight is 440 g/mol. The zero-order chi connectivity index (χ0) is 23.1. The molecular weight excluding hydrogens is 412 g/mol. The van der Waals surface area contributed by atoms with E-state index in [9.17, 15) is 18.7 Å². The molecule has 0 fully saturated rings. The third-order valence-electron chi connectivity index (χ3n) is 5.21. The van der Waals surface area contributed by atoms with E-state index in [0.717, 1.165) is 11.1 Å². The van der Waals surface area contributed by atoms with E-state index in [0.29, 0.717) is 37.2 Å². The number of aromatic carboxylic acids is 1. The highest BCUT2D eigenvalue weighted by Crippen LogP contribution is 2.31. The number of unbranched alkanes of at least 4 members (excludes halogenated alkanes) is 1. The Morgan fingerprint density at radius 2 is 1.88 bits per heavy atom. The molecule has 0 saturated heterocycles. The molecule has 7 heteroatoms. The lowest BCUT2D eigenvalue weighted by Gasteiger charge is -2.11. The maximum Gasteiger partial charge on any atom is 0.336 e. The van der Waals surface area contributed by atoms with Crippen LogP contribution in [0.5, 0.6) is 0 Å². The van der Waals surface area contributed by atoms with E-state index in [2.05, 4.69) is 10.1 Å². The Bertz CT molecular complexity index is 1090. The van der Waals surface area contributed by atoms with Gasteiger partial charge in [-0.1, -0.05) is 68.0 Å². The van der Waals surface area contributed by atoms with Crippen LogP contribution in [0.25, 0.3) is 11.1 Å². The number of allylic oxidation sites excluding steroid dienone is 2. The van der Waals surface area contributed by atoms with Gasteiger partial charge in [0.15, 0.2) is 0 Å². The summed E-state index contributed by atoms with van der Waals surface area (Å²) in [4.78, 5) is 15.6. The summed E-state index contributed by atoms with van der Waals surface area (Å²) in [5.41, 5.74) is 2.48. The van der Waals surface area contributed by atoms with Crippen LogP contribution in [0, 0.1) is 0 Å². The maximum absolute atomic E-state index is 14.5. The molecule has 1 heterocycles. The summed E-state index contributed by atoms with van der Waals surface area (Å²) < 4.78 is 30.6. The number of aromatic nitrogens is 3. The molecule has 0 aliphatic carbocycles. The van der Waals surface area contributed by atoms with Gasteiger partial charge in [-0.2, -0.15) is 8.78 Å². The second kappa shape index (κ2) is 10.3. The van der Waals surface area contributed by atoms with Gasteiger partial charge in [-0.15, -0.1) is 5.10 Å². The summed E-state index contributed by atoms with van der Waals surface area (Å²) >= 11 is 0. The molecule has 1 aromatic heterocycles. The van der Waals surface area contributed by atoms with Gasteiger partial charge in [0, 0.05) is 12.8 Å². The zero-order valence-electron chi connectivity index (χ0n) is 18.3. The Hall–Kier alpha value is -3.35. The number of carboxylic acid groups (broad SMARTS) is 1. The Morgan fingerprint density at radius 1 is 1.16 bits per heavy atom. The van der Waals surface area contributed by atoms with Crippen LogP contribution in [0.2, 0.25) is 0 Å². The molecule has 0 aliphatic heterocycles. The van der Waals surface area contributed by atoms with E-state index in [-0.39, 0.29) is 12.0 Å². The monoisotopic (exact) mass is 439 g/mol. The largest absolute Gasteiger partial charge is 0.478 e. The molecule has 0 spiro atoms. The second-order valence-corrected chi connectivity index (χ2v) is 7.64. The number of carbonyl (C=O) groups is 1. The summed E-state index contributed by atoms with van der Waals surface area (Å²) in [6.45, 7) is 4.04. The first-order chi connectivity index (χ1) is 15.4. The first-order valence-electron chi connectivity index (χ1n) is 10.7. The van der Waals surface area contributed by atoms with Gasteiger partial charge >= 0.3 is 11.9 Å². The molecule has 0 atom stereocenters. The molecule has 0 amide bonds. The van der Waals surface area contributed by atoms with Crippen LogP contribution >= 0.6 is 0 Å². The standard InChI is InChI=1S/C25H27F2N3O2/c1-3-5-11-22-28-24(25(26,27)16-6-4-2)29-30(22)17-18-12-14-19(15-13-18)20-9-7-8-10-21(20)23(31)32/h3,5,7-10,12-15H,4,6,11,16-17H2,1-2H3,(H,31,32). The SMILES string of the molecule is CC=CCc1nc(C(F)(F)CCCC)nn1Cc1ccc(-c2ccccc2C(=O)O)cc1. The molecule has 3 aromatic rings. The summed E-state index contributed by atoms with van der Waals surface area (Å²) in [5, 5.41) is 13.6. The summed E-state index contributed by atoms with van der Waals surface area (Å²) in [6.07, 6.45) is 4.94. The number of rotatable bonds is 10. The van der Waals surface area contributed by atoms with Crippen molar-refractivity contribution < 1.29 is 18.7 Å². The molecule has 168 valence electrons. The fourth-order valence-electron chi connectivity index (χ4n) is 3.42. The minimum absolute atomic E-state index is 0.226. The lowest BCUT2D eigenvalue weighted by Crippen LogP contribution is -2.16. The Kier molecular flexibility index (Phi) is 7.51. The van der Waals surface area contributed by atoms with Gasteiger partial charge in [0.25, 0.3) is 0 Å². The van der Waals surface area contributed by atoms with E-state index in [1.54, 1.807) is 24.3 Å². The Labute approximate surface area is 186 Å². The highest BCUT2D eigenvalue weighted by Gasteiger charge is 2.36. The van der Waals surface area contributed by atoms with Crippen LogP contribution in [0.3, 0.4) is 0 Å². The van der Waals surface area contributed by atoms with Crippen LogP contribution in [-0.2, 0) is 18.9 Å². The molecule has 0 bridgehead atoms. The van der Waals surface area contributed by atoms with Crippen molar-refractivity contribution in [2.45, 2.75) is 52.0 Å². The van der Waals surface area contributed by atoms with Gasteiger partial charge in [0.05, 0.1) is 12.1 Å². The first-order valence-corrected chi connectivity index (χ1v) is 10.7. The first kappa shape index (κ1) is 23.3. The highest BCUT2D eigenvalue weighted by molar-refractivity contribution is 5.95. The molecule has 0 saturated carbocycles. The predicted octanol–water partition coefficient (Wildman–Crippen LogP) is 6.09. The number of alkyl halides is 2. The van der Waals surface area contributed by atoms with Gasteiger partial charge in [-0.05, 0) is 36.1 Å². The Morgan fingerprint density at radius 3 is 2.53 bits per heavy atom. The number of carboxylic acids is 1. The van der Waals surface area contributed by atoms with Crippen LogP contribution in [0.4, 0.5) is 8.78 Å². The molecule has 0 radical (unpaired) electrons. The zero-order valence-corrected chi connectivity index (χ0v) is 18.3.